The second kappa shape index (κ2) is 7.88. The highest BCUT2D eigenvalue weighted by Crippen LogP contribution is 2.17. The minimum absolute atomic E-state index is 0.0393. The van der Waals surface area contributed by atoms with Gasteiger partial charge in [-0.05, 0) is 38.3 Å². The lowest BCUT2D eigenvalue weighted by molar-refractivity contribution is -0.146. The summed E-state index contributed by atoms with van der Waals surface area (Å²) in [5.74, 6) is 0.317. The van der Waals surface area contributed by atoms with Crippen molar-refractivity contribution >= 4 is 5.97 Å². The maximum Gasteiger partial charge on any atom is 0.320 e. The number of esters is 1. The minimum Gasteiger partial charge on any atom is -0.462 e. The van der Waals surface area contributed by atoms with Crippen LogP contribution in [0.4, 0.5) is 0 Å². The van der Waals surface area contributed by atoms with Gasteiger partial charge in [-0.15, -0.1) is 0 Å². The molecule has 18 heavy (non-hydrogen) atoms. The van der Waals surface area contributed by atoms with E-state index >= 15 is 0 Å². The Balaban J connectivity index is 2.17. The van der Waals surface area contributed by atoms with Gasteiger partial charge in [-0.2, -0.15) is 0 Å². The highest BCUT2D eigenvalue weighted by atomic mass is 16.5. The lowest BCUT2D eigenvalue weighted by Gasteiger charge is -2.12. The topological polar surface area (TPSA) is 38.3 Å². The van der Waals surface area contributed by atoms with Crippen molar-refractivity contribution in [1.82, 2.24) is 5.32 Å². The van der Waals surface area contributed by atoms with Crippen molar-refractivity contribution < 1.29 is 9.53 Å². The van der Waals surface area contributed by atoms with Crippen LogP contribution in [-0.4, -0.2) is 25.2 Å². The fourth-order valence-electron chi connectivity index (χ4n) is 1.76. The zero-order valence-electron chi connectivity index (χ0n) is 11.5. The van der Waals surface area contributed by atoms with Crippen LogP contribution in [0.1, 0.15) is 38.7 Å². The third-order valence-corrected chi connectivity index (χ3v) is 2.76. The average Bonchev–Trinajstić information content (AvgIpc) is 2.34. The summed E-state index contributed by atoms with van der Waals surface area (Å²) in [7, 11) is 0. The number of carbonyl (C=O) groups is 1. The number of hydrogen-bond donors (Lipinski definition) is 1. The van der Waals surface area contributed by atoms with Crippen molar-refractivity contribution in [1.29, 1.82) is 0 Å². The van der Waals surface area contributed by atoms with E-state index in [1.165, 1.54) is 5.56 Å². The first-order valence-corrected chi connectivity index (χ1v) is 6.54. The van der Waals surface area contributed by atoms with E-state index in [2.05, 4.69) is 36.5 Å². The second-order valence-electron chi connectivity index (χ2n) is 4.82. The lowest BCUT2D eigenvalue weighted by Crippen LogP contribution is -2.27. The Morgan fingerprint density at radius 2 is 1.89 bits per heavy atom. The predicted octanol–water partition coefficient (Wildman–Crippen LogP) is 2.72. The third-order valence-electron chi connectivity index (χ3n) is 2.76. The van der Waals surface area contributed by atoms with Gasteiger partial charge in [0.2, 0.25) is 0 Å². The van der Waals surface area contributed by atoms with Gasteiger partial charge in [0.25, 0.3) is 0 Å². The van der Waals surface area contributed by atoms with Gasteiger partial charge in [0.15, 0.2) is 0 Å². The molecule has 0 radical (unpaired) electrons. The molecule has 0 aliphatic carbocycles. The van der Waals surface area contributed by atoms with E-state index < -0.39 is 0 Å². The molecule has 1 N–H and O–H groups in total. The summed E-state index contributed by atoms with van der Waals surface area (Å²) in [4.78, 5) is 11.3. The van der Waals surface area contributed by atoms with E-state index in [0.29, 0.717) is 12.5 Å². The fourth-order valence-corrected chi connectivity index (χ4v) is 1.76. The normalized spacial score (nSPS) is 12.4. The molecule has 3 heteroatoms. The molecule has 1 rings (SSSR count). The summed E-state index contributed by atoms with van der Waals surface area (Å²) < 4.78 is 5.04. The van der Waals surface area contributed by atoms with Gasteiger partial charge in [0.1, 0.15) is 0 Å². The van der Waals surface area contributed by atoms with E-state index in [4.69, 9.17) is 4.74 Å². The number of hydrogen-bond acceptors (Lipinski definition) is 3. The first kappa shape index (κ1) is 14.7. The minimum atomic E-state index is -0.183. The van der Waals surface area contributed by atoms with Crippen LogP contribution < -0.4 is 5.32 Å². The van der Waals surface area contributed by atoms with Crippen LogP contribution in [0.5, 0.6) is 0 Å². The van der Waals surface area contributed by atoms with Crippen LogP contribution in [0.15, 0.2) is 30.3 Å². The summed E-state index contributed by atoms with van der Waals surface area (Å²) >= 11 is 0. The highest BCUT2D eigenvalue weighted by Gasteiger charge is 2.06. The average molecular weight is 249 g/mol. The quantitative estimate of drug-likeness (QED) is 0.596. The van der Waals surface area contributed by atoms with Crippen molar-refractivity contribution in [3.05, 3.63) is 35.9 Å². The SMILES string of the molecule is CC(C)OC(=O)CNCCC(C)c1ccccc1. The van der Waals surface area contributed by atoms with Crippen LogP contribution in [-0.2, 0) is 9.53 Å². The Labute approximate surface area is 110 Å². The molecule has 100 valence electrons. The van der Waals surface area contributed by atoms with E-state index in [1.807, 2.05) is 19.9 Å². The molecule has 0 saturated heterocycles. The van der Waals surface area contributed by atoms with Crippen molar-refractivity contribution in [3.63, 3.8) is 0 Å². The molecular formula is C15H23NO2. The van der Waals surface area contributed by atoms with Gasteiger partial charge < -0.3 is 10.1 Å². The molecule has 0 aliphatic heterocycles. The molecule has 0 spiro atoms. The van der Waals surface area contributed by atoms with Gasteiger partial charge in [-0.25, -0.2) is 0 Å². The summed E-state index contributed by atoms with van der Waals surface area (Å²) in [6, 6.07) is 10.4. The Morgan fingerprint density at radius 3 is 2.50 bits per heavy atom. The Kier molecular flexibility index (Phi) is 6.44. The largest absolute Gasteiger partial charge is 0.462 e. The molecule has 1 atom stereocenters. The van der Waals surface area contributed by atoms with Crippen LogP contribution in [0.2, 0.25) is 0 Å². The summed E-state index contributed by atoms with van der Waals surface area (Å²) in [5.41, 5.74) is 1.34. The van der Waals surface area contributed by atoms with E-state index in [-0.39, 0.29) is 12.1 Å². The van der Waals surface area contributed by atoms with E-state index in [1.54, 1.807) is 0 Å². The molecule has 0 aliphatic rings. The third kappa shape index (κ3) is 5.82. The Morgan fingerprint density at radius 1 is 1.22 bits per heavy atom. The van der Waals surface area contributed by atoms with Gasteiger partial charge >= 0.3 is 5.97 Å². The molecule has 0 aromatic heterocycles. The standard InChI is InChI=1S/C15H23NO2/c1-12(2)18-15(17)11-16-10-9-13(3)14-7-5-4-6-8-14/h4-8,12-13,16H,9-11H2,1-3H3. The second-order valence-corrected chi connectivity index (χ2v) is 4.82. The summed E-state index contributed by atoms with van der Waals surface area (Å²) in [6.45, 7) is 7.02. The number of rotatable bonds is 7. The summed E-state index contributed by atoms with van der Waals surface area (Å²) in [6.07, 6.45) is 0.974. The fraction of sp³-hybridized carbons (Fsp3) is 0.533. The molecule has 1 aromatic carbocycles. The van der Waals surface area contributed by atoms with E-state index in [0.717, 1.165) is 13.0 Å². The number of benzene rings is 1. The van der Waals surface area contributed by atoms with Gasteiger partial charge in [0, 0.05) is 0 Å². The Hall–Kier alpha value is -1.35. The first-order chi connectivity index (χ1) is 8.59. The number of nitrogens with one attached hydrogen (secondary N) is 1. The highest BCUT2D eigenvalue weighted by molar-refractivity contribution is 5.71. The van der Waals surface area contributed by atoms with Crippen molar-refractivity contribution in [3.8, 4) is 0 Å². The molecule has 3 nitrogen and oxygen atoms in total. The maximum absolute atomic E-state index is 11.3. The van der Waals surface area contributed by atoms with Crippen molar-refractivity contribution in [2.24, 2.45) is 0 Å². The molecule has 0 saturated carbocycles. The molecule has 0 bridgehead atoms. The first-order valence-electron chi connectivity index (χ1n) is 6.54. The van der Waals surface area contributed by atoms with Crippen LogP contribution in [0.25, 0.3) is 0 Å². The van der Waals surface area contributed by atoms with Crippen molar-refractivity contribution in [2.45, 2.75) is 39.2 Å². The molecule has 0 fully saturated rings. The van der Waals surface area contributed by atoms with Gasteiger partial charge in [0.05, 0.1) is 12.6 Å². The van der Waals surface area contributed by atoms with Crippen LogP contribution >= 0.6 is 0 Å². The zero-order valence-corrected chi connectivity index (χ0v) is 11.5. The monoisotopic (exact) mass is 249 g/mol. The zero-order chi connectivity index (χ0) is 13.4. The molecule has 0 heterocycles. The van der Waals surface area contributed by atoms with Crippen LogP contribution in [0, 0.1) is 0 Å². The van der Waals surface area contributed by atoms with Gasteiger partial charge in [-0.1, -0.05) is 37.3 Å². The Bertz CT molecular complexity index is 349. The molecule has 1 unspecified atom stereocenters. The molecule has 1 aromatic rings. The van der Waals surface area contributed by atoms with Crippen LogP contribution in [0.3, 0.4) is 0 Å². The smallest absolute Gasteiger partial charge is 0.320 e. The molecule has 0 amide bonds. The lowest BCUT2D eigenvalue weighted by atomic mass is 9.98. The number of ether oxygens (including phenoxy) is 1. The maximum atomic E-state index is 11.3. The van der Waals surface area contributed by atoms with E-state index in [9.17, 15) is 4.79 Å². The summed E-state index contributed by atoms with van der Waals surface area (Å²) in [5, 5.41) is 3.12. The number of carbonyl (C=O) groups excluding carboxylic acids is 1. The predicted molar refractivity (Wildman–Crippen MR) is 73.6 cm³/mol. The van der Waals surface area contributed by atoms with Crippen molar-refractivity contribution in [2.75, 3.05) is 13.1 Å². The van der Waals surface area contributed by atoms with Gasteiger partial charge in [-0.3, -0.25) is 4.79 Å². The molecular weight excluding hydrogens is 226 g/mol.